The van der Waals surface area contributed by atoms with Crippen molar-refractivity contribution in [2.75, 3.05) is 11.2 Å². The Morgan fingerprint density at radius 1 is 1.16 bits per heavy atom. The average molecular weight is 374 g/mol. The van der Waals surface area contributed by atoms with Crippen LogP contribution in [0.3, 0.4) is 0 Å². The minimum atomic E-state index is -0.384. The number of hydrogen-bond acceptors (Lipinski definition) is 5. The first-order chi connectivity index (χ1) is 12.0. The smallest absolute Gasteiger partial charge is 0.237 e. The lowest BCUT2D eigenvalue weighted by Crippen LogP contribution is -2.23. The van der Waals surface area contributed by atoms with Crippen LogP contribution in [0.15, 0.2) is 59.8 Å². The van der Waals surface area contributed by atoms with Crippen LogP contribution in [0.4, 0.5) is 5.69 Å². The maximum absolute atomic E-state index is 12.3. The topological polar surface area (TPSA) is 85.8 Å². The fraction of sp³-hybridized carbons (Fsp3) is 0.118. The zero-order valence-electron chi connectivity index (χ0n) is 13.4. The van der Waals surface area contributed by atoms with Gasteiger partial charge < -0.3 is 11.2 Å². The molecule has 0 spiro atoms. The molecule has 1 heterocycles. The van der Waals surface area contributed by atoms with E-state index in [1.54, 1.807) is 19.1 Å². The van der Waals surface area contributed by atoms with E-state index in [1.165, 1.54) is 16.4 Å². The number of carbonyl (C=O) groups excluding carboxylic acids is 1. The van der Waals surface area contributed by atoms with E-state index in [9.17, 15) is 4.79 Å². The van der Waals surface area contributed by atoms with Crippen LogP contribution in [0.2, 0.25) is 5.02 Å². The lowest BCUT2D eigenvalue weighted by Gasteiger charge is -2.11. The molecule has 128 valence electrons. The molecule has 0 bridgehead atoms. The van der Waals surface area contributed by atoms with Crippen LogP contribution in [0, 0.1) is 0 Å². The Bertz CT molecular complexity index is 867. The number of para-hydroxylation sites is 1. The molecule has 0 aliphatic heterocycles. The number of nitrogens with two attached hydrogens (primary N) is 1. The van der Waals surface area contributed by atoms with Crippen molar-refractivity contribution in [1.29, 1.82) is 0 Å². The Kier molecular flexibility index (Phi) is 5.25. The van der Waals surface area contributed by atoms with Crippen molar-refractivity contribution >= 4 is 35.0 Å². The first-order valence-electron chi connectivity index (χ1n) is 7.53. The number of thioether (sulfide) groups is 1. The Morgan fingerprint density at radius 2 is 1.84 bits per heavy atom. The van der Waals surface area contributed by atoms with Crippen molar-refractivity contribution in [3.63, 3.8) is 0 Å². The molecule has 25 heavy (non-hydrogen) atoms. The highest BCUT2D eigenvalue weighted by molar-refractivity contribution is 8.00. The van der Waals surface area contributed by atoms with Gasteiger partial charge in [0.05, 0.1) is 5.25 Å². The summed E-state index contributed by atoms with van der Waals surface area (Å²) >= 11 is 7.13. The van der Waals surface area contributed by atoms with Crippen molar-refractivity contribution in [3.8, 4) is 11.4 Å². The number of nitrogens with zero attached hydrogens (tertiary/aromatic N) is 3. The molecule has 0 aliphatic carbocycles. The van der Waals surface area contributed by atoms with Crippen LogP contribution in [-0.4, -0.2) is 26.0 Å². The molecule has 2 aromatic carbocycles. The summed E-state index contributed by atoms with van der Waals surface area (Å²) < 4.78 is 1.38. The van der Waals surface area contributed by atoms with Crippen molar-refractivity contribution < 1.29 is 4.79 Å². The molecule has 1 amide bonds. The van der Waals surface area contributed by atoms with E-state index in [4.69, 9.17) is 17.4 Å². The van der Waals surface area contributed by atoms with Crippen LogP contribution in [-0.2, 0) is 4.79 Å². The van der Waals surface area contributed by atoms with Gasteiger partial charge >= 0.3 is 0 Å². The summed E-state index contributed by atoms with van der Waals surface area (Å²) in [5.74, 6) is 6.46. The number of aromatic nitrogens is 3. The van der Waals surface area contributed by atoms with Gasteiger partial charge in [-0.05, 0) is 43.3 Å². The number of nitrogens with one attached hydrogen (secondary N) is 1. The number of amides is 1. The minimum absolute atomic E-state index is 0.132. The van der Waals surface area contributed by atoms with Gasteiger partial charge in [-0.3, -0.25) is 4.79 Å². The summed E-state index contributed by atoms with van der Waals surface area (Å²) in [5.41, 5.74) is 1.55. The lowest BCUT2D eigenvalue weighted by atomic mass is 10.2. The van der Waals surface area contributed by atoms with E-state index in [1.807, 2.05) is 42.5 Å². The fourth-order valence-corrected chi connectivity index (χ4v) is 3.03. The first-order valence-corrected chi connectivity index (χ1v) is 8.79. The Labute approximate surface area is 154 Å². The second-order valence-electron chi connectivity index (χ2n) is 5.30. The molecule has 6 nitrogen and oxygen atoms in total. The maximum atomic E-state index is 12.3. The number of nitrogen functional groups attached to an aromatic ring is 1. The standard InChI is InChI=1S/C17H16ClN5OS/c1-11(16(24)20-14-5-3-2-4-6-14)25-17-22-21-15(23(17)19)12-7-9-13(18)10-8-12/h2-11H,19H2,1H3,(H,20,24)/t11-/m0/s1. The molecule has 0 fully saturated rings. The minimum Gasteiger partial charge on any atom is -0.335 e. The van der Waals surface area contributed by atoms with Gasteiger partial charge in [-0.25, -0.2) is 4.68 Å². The quantitative estimate of drug-likeness (QED) is 0.528. The van der Waals surface area contributed by atoms with Gasteiger partial charge in [0.2, 0.25) is 11.1 Å². The zero-order valence-corrected chi connectivity index (χ0v) is 15.0. The summed E-state index contributed by atoms with van der Waals surface area (Å²) in [7, 11) is 0. The fourth-order valence-electron chi connectivity index (χ4n) is 2.13. The van der Waals surface area contributed by atoms with E-state index in [0.29, 0.717) is 16.0 Å². The SMILES string of the molecule is C[C@H](Sc1nnc(-c2ccc(Cl)cc2)n1N)C(=O)Nc1ccccc1. The molecule has 0 radical (unpaired) electrons. The highest BCUT2D eigenvalue weighted by Gasteiger charge is 2.20. The van der Waals surface area contributed by atoms with Crippen LogP contribution >= 0.6 is 23.4 Å². The summed E-state index contributed by atoms with van der Waals surface area (Å²) in [6.07, 6.45) is 0. The largest absolute Gasteiger partial charge is 0.335 e. The van der Waals surface area contributed by atoms with Crippen molar-refractivity contribution in [2.45, 2.75) is 17.3 Å². The highest BCUT2D eigenvalue weighted by Crippen LogP contribution is 2.26. The second-order valence-corrected chi connectivity index (χ2v) is 7.04. The summed E-state index contributed by atoms with van der Waals surface area (Å²) in [6.45, 7) is 1.79. The van der Waals surface area contributed by atoms with Gasteiger partial charge in [0, 0.05) is 16.3 Å². The summed E-state index contributed by atoms with van der Waals surface area (Å²) in [6, 6.07) is 16.4. The number of anilines is 1. The third-order valence-corrected chi connectivity index (χ3v) is 4.77. The van der Waals surface area contributed by atoms with Gasteiger partial charge in [0.1, 0.15) is 0 Å². The van der Waals surface area contributed by atoms with E-state index < -0.39 is 0 Å². The molecule has 0 unspecified atom stereocenters. The monoisotopic (exact) mass is 373 g/mol. The lowest BCUT2D eigenvalue weighted by molar-refractivity contribution is -0.115. The predicted octanol–water partition coefficient (Wildman–Crippen LogP) is 3.43. The summed E-state index contributed by atoms with van der Waals surface area (Å²) in [5, 5.41) is 11.7. The Morgan fingerprint density at radius 3 is 2.52 bits per heavy atom. The van der Waals surface area contributed by atoms with Crippen molar-refractivity contribution in [1.82, 2.24) is 14.9 Å². The van der Waals surface area contributed by atoms with Crippen LogP contribution in [0.25, 0.3) is 11.4 Å². The van der Waals surface area contributed by atoms with Gasteiger partial charge in [-0.15, -0.1) is 10.2 Å². The number of halogens is 1. The molecular weight excluding hydrogens is 358 g/mol. The number of rotatable bonds is 5. The maximum Gasteiger partial charge on any atom is 0.237 e. The normalized spacial score (nSPS) is 11.9. The van der Waals surface area contributed by atoms with E-state index >= 15 is 0 Å². The third kappa shape index (κ3) is 4.12. The molecule has 3 N–H and O–H groups in total. The van der Waals surface area contributed by atoms with E-state index in [0.717, 1.165) is 11.3 Å². The molecule has 0 saturated carbocycles. The number of carbonyl (C=O) groups is 1. The van der Waals surface area contributed by atoms with Crippen molar-refractivity contribution in [2.24, 2.45) is 0 Å². The third-order valence-electron chi connectivity index (χ3n) is 3.46. The molecule has 0 saturated heterocycles. The predicted molar refractivity (Wildman–Crippen MR) is 101 cm³/mol. The van der Waals surface area contributed by atoms with Gasteiger partial charge in [-0.1, -0.05) is 41.6 Å². The molecular formula is C17H16ClN5OS. The van der Waals surface area contributed by atoms with E-state index in [2.05, 4.69) is 15.5 Å². The Balaban J connectivity index is 1.70. The van der Waals surface area contributed by atoms with Crippen LogP contribution in [0.1, 0.15) is 6.92 Å². The zero-order chi connectivity index (χ0) is 17.8. The molecule has 8 heteroatoms. The van der Waals surface area contributed by atoms with Crippen LogP contribution < -0.4 is 11.2 Å². The van der Waals surface area contributed by atoms with Crippen LogP contribution in [0.5, 0.6) is 0 Å². The van der Waals surface area contributed by atoms with Gasteiger partial charge in [0.25, 0.3) is 0 Å². The Hall–Kier alpha value is -2.51. The molecule has 1 atom stereocenters. The molecule has 0 aliphatic rings. The highest BCUT2D eigenvalue weighted by atomic mass is 35.5. The second kappa shape index (κ2) is 7.58. The van der Waals surface area contributed by atoms with Gasteiger partial charge in [-0.2, -0.15) is 0 Å². The van der Waals surface area contributed by atoms with Gasteiger partial charge in [0.15, 0.2) is 5.82 Å². The molecule has 3 aromatic rings. The average Bonchev–Trinajstić information content (AvgIpc) is 2.97. The van der Waals surface area contributed by atoms with E-state index in [-0.39, 0.29) is 11.2 Å². The molecule has 1 aromatic heterocycles. The first kappa shape index (κ1) is 17.3. The number of hydrogen-bond donors (Lipinski definition) is 2. The number of benzene rings is 2. The molecule has 3 rings (SSSR count). The van der Waals surface area contributed by atoms with Crippen molar-refractivity contribution in [3.05, 3.63) is 59.6 Å². The summed E-state index contributed by atoms with van der Waals surface area (Å²) in [4.78, 5) is 12.3.